The first-order valence-electron chi connectivity index (χ1n) is 5.97. The van der Waals surface area contributed by atoms with Gasteiger partial charge in [-0.05, 0) is 44.4 Å². The lowest BCUT2D eigenvalue weighted by atomic mass is 9.84. The molecular weight excluding hydrogens is 188 g/mol. The maximum absolute atomic E-state index is 11.5. The molecule has 2 fully saturated rings. The van der Waals surface area contributed by atoms with Gasteiger partial charge >= 0.3 is 0 Å². The summed E-state index contributed by atoms with van der Waals surface area (Å²) in [6.45, 7) is 0. The monoisotopic (exact) mass is 206 g/mol. The molecule has 0 saturated heterocycles. The van der Waals surface area contributed by atoms with Crippen LogP contribution in [0.4, 0.5) is 0 Å². The highest BCUT2D eigenvalue weighted by atomic mass is 16.2. The van der Waals surface area contributed by atoms with Gasteiger partial charge in [-0.1, -0.05) is 0 Å². The molecule has 15 heavy (non-hydrogen) atoms. The van der Waals surface area contributed by atoms with Crippen LogP contribution >= 0.6 is 0 Å². The van der Waals surface area contributed by atoms with Crippen molar-refractivity contribution < 1.29 is 4.79 Å². The zero-order valence-corrected chi connectivity index (χ0v) is 9.04. The molecule has 2 aliphatic carbocycles. The molecule has 82 valence electrons. The highest BCUT2D eigenvalue weighted by molar-refractivity contribution is 5.81. The zero-order valence-electron chi connectivity index (χ0n) is 9.04. The van der Waals surface area contributed by atoms with Crippen LogP contribution < -0.4 is 5.32 Å². The summed E-state index contributed by atoms with van der Waals surface area (Å²) in [5.74, 6) is 1.16. The van der Waals surface area contributed by atoms with E-state index in [1.807, 2.05) is 0 Å². The van der Waals surface area contributed by atoms with Gasteiger partial charge in [0.2, 0.25) is 5.91 Å². The van der Waals surface area contributed by atoms with Gasteiger partial charge in [0.15, 0.2) is 0 Å². The minimum absolute atomic E-state index is 0.263. The first-order valence-corrected chi connectivity index (χ1v) is 5.97. The number of hydrogen-bond donors (Lipinski definition) is 1. The van der Waals surface area contributed by atoms with Crippen molar-refractivity contribution in [1.82, 2.24) is 5.32 Å². The van der Waals surface area contributed by atoms with E-state index in [9.17, 15) is 4.79 Å². The summed E-state index contributed by atoms with van der Waals surface area (Å²) in [6.07, 6.45) is 7.16. The second kappa shape index (κ2) is 4.65. The van der Waals surface area contributed by atoms with Crippen LogP contribution in [0.2, 0.25) is 0 Å². The zero-order chi connectivity index (χ0) is 10.7. The highest BCUT2D eigenvalue weighted by Crippen LogP contribution is 2.31. The summed E-state index contributed by atoms with van der Waals surface area (Å²) in [5, 5.41) is 11.7. The Balaban J connectivity index is 1.69. The van der Waals surface area contributed by atoms with Gasteiger partial charge in [-0.25, -0.2) is 0 Å². The molecule has 2 rings (SSSR count). The van der Waals surface area contributed by atoms with Crippen LogP contribution in [0.25, 0.3) is 0 Å². The first kappa shape index (κ1) is 10.5. The molecule has 2 aliphatic rings. The minimum Gasteiger partial charge on any atom is -0.353 e. The Labute approximate surface area is 90.8 Å². The van der Waals surface area contributed by atoms with Crippen molar-refractivity contribution in [2.45, 2.75) is 51.0 Å². The fourth-order valence-electron chi connectivity index (χ4n) is 2.30. The summed E-state index contributed by atoms with van der Waals surface area (Å²) in [6, 6.07) is 2.62. The predicted octanol–water partition coefficient (Wildman–Crippen LogP) is 1.99. The van der Waals surface area contributed by atoms with E-state index in [0.717, 1.165) is 38.5 Å². The molecule has 0 heterocycles. The van der Waals surface area contributed by atoms with Crippen LogP contribution in [0.3, 0.4) is 0 Å². The molecule has 2 saturated carbocycles. The van der Waals surface area contributed by atoms with Gasteiger partial charge < -0.3 is 5.32 Å². The van der Waals surface area contributed by atoms with Gasteiger partial charge in [-0.2, -0.15) is 5.26 Å². The number of carbonyl (C=O) groups excluding carboxylic acids is 1. The van der Waals surface area contributed by atoms with E-state index < -0.39 is 0 Å². The van der Waals surface area contributed by atoms with Crippen molar-refractivity contribution in [2.75, 3.05) is 0 Å². The number of nitriles is 1. The largest absolute Gasteiger partial charge is 0.353 e. The molecule has 1 N–H and O–H groups in total. The number of nitrogens with one attached hydrogen (secondary N) is 1. The van der Waals surface area contributed by atoms with Gasteiger partial charge in [-0.3, -0.25) is 4.79 Å². The summed E-state index contributed by atoms with van der Waals surface area (Å²) in [5.41, 5.74) is 0. The van der Waals surface area contributed by atoms with Gasteiger partial charge in [-0.15, -0.1) is 0 Å². The number of carbonyl (C=O) groups is 1. The molecule has 3 heteroatoms. The summed E-state index contributed by atoms with van der Waals surface area (Å²) >= 11 is 0. The minimum atomic E-state index is 0.263. The third-order valence-corrected chi connectivity index (χ3v) is 3.52. The number of rotatable bonds is 3. The molecule has 0 aromatic heterocycles. The van der Waals surface area contributed by atoms with Crippen molar-refractivity contribution in [3.05, 3.63) is 0 Å². The molecule has 1 amide bonds. The lowest BCUT2D eigenvalue weighted by molar-refractivity contribution is -0.123. The van der Waals surface area contributed by atoms with Gasteiger partial charge in [0, 0.05) is 18.4 Å². The van der Waals surface area contributed by atoms with Crippen LogP contribution in [0.5, 0.6) is 0 Å². The van der Waals surface area contributed by atoms with Crippen molar-refractivity contribution in [2.24, 2.45) is 11.8 Å². The maximum Gasteiger partial charge on any atom is 0.223 e. The fraction of sp³-hybridized carbons (Fsp3) is 0.833. The van der Waals surface area contributed by atoms with E-state index in [-0.39, 0.29) is 5.91 Å². The fourth-order valence-corrected chi connectivity index (χ4v) is 2.30. The average molecular weight is 206 g/mol. The Hall–Kier alpha value is -1.04. The average Bonchev–Trinajstić information content (AvgIpc) is 3.04. The maximum atomic E-state index is 11.5. The van der Waals surface area contributed by atoms with Crippen molar-refractivity contribution >= 4 is 5.91 Å². The normalized spacial score (nSPS) is 30.6. The Morgan fingerprint density at radius 1 is 1.20 bits per heavy atom. The Bertz CT molecular complexity index is 270. The van der Waals surface area contributed by atoms with Crippen LogP contribution in [-0.4, -0.2) is 11.9 Å². The van der Waals surface area contributed by atoms with Gasteiger partial charge in [0.25, 0.3) is 0 Å². The van der Waals surface area contributed by atoms with E-state index in [1.165, 1.54) is 0 Å². The Kier molecular flexibility index (Phi) is 3.25. The molecule has 0 bridgehead atoms. The molecule has 0 spiro atoms. The Morgan fingerprint density at radius 3 is 2.40 bits per heavy atom. The first-order chi connectivity index (χ1) is 7.29. The standard InChI is InChI=1S/C12H18N2O/c13-8-7-9-1-5-11(6-2-9)14-12(15)10-3-4-10/h9-11H,1-7H2,(H,14,15). The van der Waals surface area contributed by atoms with Crippen LogP contribution in [0.15, 0.2) is 0 Å². The summed E-state index contributed by atoms with van der Waals surface area (Å²) < 4.78 is 0. The number of hydrogen-bond acceptors (Lipinski definition) is 2. The topological polar surface area (TPSA) is 52.9 Å². The quantitative estimate of drug-likeness (QED) is 0.767. The van der Waals surface area contributed by atoms with Crippen molar-refractivity contribution in [3.63, 3.8) is 0 Å². The summed E-state index contributed by atoms with van der Waals surface area (Å²) in [4.78, 5) is 11.5. The van der Waals surface area contributed by atoms with E-state index in [4.69, 9.17) is 5.26 Å². The van der Waals surface area contributed by atoms with E-state index in [0.29, 0.717) is 24.3 Å². The molecule has 0 unspecified atom stereocenters. The van der Waals surface area contributed by atoms with Crippen LogP contribution in [0, 0.1) is 23.2 Å². The molecule has 0 aromatic rings. The SMILES string of the molecule is N#CCC1CCC(NC(=O)C2CC2)CC1. The second-order valence-electron chi connectivity index (χ2n) is 4.86. The van der Waals surface area contributed by atoms with E-state index >= 15 is 0 Å². The van der Waals surface area contributed by atoms with Crippen molar-refractivity contribution in [3.8, 4) is 6.07 Å². The van der Waals surface area contributed by atoms with E-state index in [1.54, 1.807) is 0 Å². The van der Waals surface area contributed by atoms with Crippen LogP contribution in [0.1, 0.15) is 44.9 Å². The molecular formula is C12H18N2O. The Morgan fingerprint density at radius 2 is 1.87 bits per heavy atom. The van der Waals surface area contributed by atoms with Crippen molar-refractivity contribution in [1.29, 1.82) is 5.26 Å². The molecule has 3 nitrogen and oxygen atoms in total. The highest BCUT2D eigenvalue weighted by Gasteiger charge is 2.31. The van der Waals surface area contributed by atoms with Gasteiger partial charge in [0.05, 0.1) is 6.07 Å². The second-order valence-corrected chi connectivity index (χ2v) is 4.86. The third-order valence-electron chi connectivity index (χ3n) is 3.52. The number of nitrogens with zero attached hydrogens (tertiary/aromatic N) is 1. The molecule has 0 aliphatic heterocycles. The molecule has 0 atom stereocenters. The third kappa shape index (κ3) is 2.95. The smallest absolute Gasteiger partial charge is 0.223 e. The molecule has 0 radical (unpaired) electrons. The van der Waals surface area contributed by atoms with E-state index in [2.05, 4.69) is 11.4 Å². The lowest BCUT2D eigenvalue weighted by Gasteiger charge is -2.27. The predicted molar refractivity (Wildman–Crippen MR) is 56.8 cm³/mol. The van der Waals surface area contributed by atoms with Crippen LogP contribution in [-0.2, 0) is 4.79 Å². The lowest BCUT2D eigenvalue weighted by Crippen LogP contribution is -2.38. The number of amides is 1. The summed E-state index contributed by atoms with van der Waals surface area (Å²) in [7, 11) is 0. The molecule has 0 aromatic carbocycles. The van der Waals surface area contributed by atoms with Gasteiger partial charge in [0.1, 0.15) is 0 Å².